The van der Waals surface area contributed by atoms with E-state index in [1.165, 1.54) is 12.1 Å². The van der Waals surface area contributed by atoms with Crippen molar-refractivity contribution < 1.29 is 9.13 Å². The highest BCUT2D eigenvalue weighted by Crippen LogP contribution is 2.17. The molecule has 23 heavy (non-hydrogen) atoms. The monoisotopic (exact) mass is 320 g/mol. The van der Waals surface area contributed by atoms with Crippen LogP contribution in [-0.4, -0.2) is 68.2 Å². The zero-order chi connectivity index (χ0) is 16.1. The SMILES string of the molecule is CN=C(NCc1ccc(F)cc1)N1CCC(N2CCOCC2)C1. The van der Waals surface area contributed by atoms with Crippen molar-refractivity contribution in [1.82, 2.24) is 15.1 Å². The van der Waals surface area contributed by atoms with Gasteiger partial charge in [0.2, 0.25) is 0 Å². The number of hydrogen-bond acceptors (Lipinski definition) is 3. The normalized spacial score (nSPS) is 23.3. The topological polar surface area (TPSA) is 40.1 Å². The third-order valence-electron chi connectivity index (χ3n) is 4.60. The minimum absolute atomic E-state index is 0.203. The first-order valence-corrected chi connectivity index (χ1v) is 8.28. The second kappa shape index (κ2) is 7.75. The molecule has 0 radical (unpaired) electrons. The number of morpholine rings is 1. The van der Waals surface area contributed by atoms with Gasteiger partial charge in [-0.2, -0.15) is 0 Å². The Balaban J connectivity index is 1.51. The standard InChI is InChI=1S/C17H25FN4O/c1-19-17(20-12-14-2-4-15(18)5-3-14)22-7-6-16(13-22)21-8-10-23-11-9-21/h2-5,16H,6-13H2,1H3,(H,19,20). The highest BCUT2D eigenvalue weighted by molar-refractivity contribution is 5.80. The fraction of sp³-hybridized carbons (Fsp3) is 0.588. The molecule has 1 N–H and O–H groups in total. The third kappa shape index (κ3) is 4.20. The Morgan fingerprint density at radius 2 is 2.00 bits per heavy atom. The van der Waals surface area contributed by atoms with Crippen LogP contribution in [0.5, 0.6) is 0 Å². The summed E-state index contributed by atoms with van der Waals surface area (Å²) in [6.45, 7) is 6.42. The van der Waals surface area contributed by atoms with Crippen LogP contribution in [0.2, 0.25) is 0 Å². The predicted molar refractivity (Wildman–Crippen MR) is 89.0 cm³/mol. The Labute approximate surface area is 137 Å². The first-order valence-electron chi connectivity index (χ1n) is 8.28. The van der Waals surface area contributed by atoms with Gasteiger partial charge in [-0.3, -0.25) is 9.89 Å². The molecular weight excluding hydrogens is 295 g/mol. The number of nitrogens with one attached hydrogen (secondary N) is 1. The first-order chi connectivity index (χ1) is 11.3. The molecule has 2 fully saturated rings. The molecule has 2 saturated heterocycles. The number of guanidine groups is 1. The number of nitrogens with zero attached hydrogens (tertiary/aromatic N) is 3. The van der Waals surface area contributed by atoms with Crippen LogP contribution in [-0.2, 0) is 11.3 Å². The van der Waals surface area contributed by atoms with E-state index in [4.69, 9.17) is 4.74 Å². The second-order valence-electron chi connectivity index (χ2n) is 6.06. The molecule has 0 spiro atoms. The van der Waals surface area contributed by atoms with Crippen LogP contribution >= 0.6 is 0 Å². The van der Waals surface area contributed by atoms with Crippen LogP contribution in [0.15, 0.2) is 29.3 Å². The highest BCUT2D eigenvalue weighted by atomic mass is 19.1. The predicted octanol–water partition coefficient (Wildman–Crippen LogP) is 1.31. The summed E-state index contributed by atoms with van der Waals surface area (Å²) < 4.78 is 18.4. The van der Waals surface area contributed by atoms with Crippen LogP contribution < -0.4 is 5.32 Å². The number of aliphatic imine (C=N–C) groups is 1. The van der Waals surface area contributed by atoms with Gasteiger partial charge < -0.3 is 15.0 Å². The van der Waals surface area contributed by atoms with Gasteiger partial charge in [-0.1, -0.05) is 12.1 Å². The molecule has 1 aromatic carbocycles. The van der Waals surface area contributed by atoms with Gasteiger partial charge in [0, 0.05) is 45.8 Å². The molecule has 0 saturated carbocycles. The van der Waals surface area contributed by atoms with Gasteiger partial charge in [-0.15, -0.1) is 0 Å². The van der Waals surface area contributed by atoms with Crippen molar-refractivity contribution in [1.29, 1.82) is 0 Å². The van der Waals surface area contributed by atoms with Crippen molar-refractivity contribution in [2.45, 2.75) is 19.0 Å². The molecule has 0 amide bonds. The number of hydrogen-bond donors (Lipinski definition) is 1. The van der Waals surface area contributed by atoms with E-state index in [0.717, 1.165) is 57.3 Å². The Bertz CT molecular complexity index is 528. The number of likely N-dealkylation sites (tertiary alicyclic amines) is 1. The summed E-state index contributed by atoms with van der Waals surface area (Å²) in [6.07, 6.45) is 1.16. The lowest BCUT2D eigenvalue weighted by atomic mass is 10.2. The molecule has 126 valence electrons. The van der Waals surface area contributed by atoms with E-state index in [1.54, 1.807) is 12.1 Å². The summed E-state index contributed by atoms with van der Waals surface area (Å²) in [6, 6.07) is 7.17. The molecule has 0 aromatic heterocycles. The molecule has 1 atom stereocenters. The molecule has 2 aliphatic rings. The van der Waals surface area contributed by atoms with Gasteiger partial charge in [-0.25, -0.2) is 4.39 Å². The Hall–Kier alpha value is -1.66. The van der Waals surface area contributed by atoms with Crippen molar-refractivity contribution >= 4 is 5.96 Å². The fourth-order valence-electron chi connectivity index (χ4n) is 3.29. The van der Waals surface area contributed by atoms with Gasteiger partial charge in [0.25, 0.3) is 0 Å². The van der Waals surface area contributed by atoms with Gasteiger partial charge >= 0.3 is 0 Å². The van der Waals surface area contributed by atoms with E-state index < -0.39 is 0 Å². The van der Waals surface area contributed by atoms with E-state index in [-0.39, 0.29) is 5.82 Å². The molecule has 2 heterocycles. The van der Waals surface area contributed by atoms with Crippen LogP contribution in [0.4, 0.5) is 4.39 Å². The molecule has 1 unspecified atom stereocenters. The minimum Gasteiger partial charge on any atom is -0.379 e. The van der Waals surface area contributed by atoms with Crippen LogP contribution in [0, 0.1) is 5.82 Å². The lowest BCUT2D eigenvalue weighted by Gasteiger charge is -2.32. The molecule has 1 aromatic rings. The Kier molecular flexibility index (Phi) is 5.46. The van der Waals surface area contributed by atoms with Crippen molar-refractivity contribution in [3.05, 3.63) is 35.6 Å². The molecule has 3 rings (SSSR count). The van der Waals surface area contributed by atoms with Crippen molar-refractivity contribution in [3.63, 3.8) is 0 Å². The summed E-state index contributed by atoms with van der Waals surface area (Å²) in [7, 11) is 1.81. The molecule has 0 bridgehead atoms. The highest BCUT2D eigenvalue weighted by Gasteiger charge is 2.30. The third-order valence-corrected chi connectivity index (χ3v) is 4.60. The summed E-state index contributed by atoms with van der Waals surface area (Å²) in [5, 5.41) is 3.38. The van der Waals surface area contributed by atoms with Gasteiger partial charge in [-0.05, 0) is 24.1 Å². The maximum absolute atomic E-state index is 13.0. The fourth-order valence-corrected chi connectivity index (χ4v) is 3.29. The zero-order valence-electron chi connectivity index (χ0n) is 13.7. The summed E-state index contributed by atoms with van der Waals surface area (Å²) in [5.41, 5.74) is 1.05. The first kappa shape index (κ1) is 16.2. The maximum Gasteiger partial charge on any atom is 0.193 e. The molecule has 5 nitrogen and oxygen atoms in total. The van der Waals surface area contributed by atoms with E-state index in [9.17, 15) is 4.39 Å². The lowest BCUT2D eigenvalue weighted by molar-refractivity contribution is 0.0195. The van der Waals surface area contributed by atoms with Crippen LogP contribution in [0.1, 0.15) is 12.0 Å². The number of halogens is 1. The van der Waals surface area contributed by atoms with Crippen molar-refractivity contribution in [2.24, 2.45) is 4.99 Å². The smallest absolute Gasteiger partial charge is 0.193 e. The van der Waals surface area contributed by atoms with Crippen LogP contribution in [0.25, 0.3) is 0 Å². The Morgan fingerprint density at radius 1 is 1.26 bits per heavy atom. The average molecular weight is 320 g/mol. The maximum atomic E-state index is 13.0. The van der Waals surface area contributed by atoms with E-state index in [1.807, 2.05) is 7.05 Å². The summed E-state index contributed by atoms with van der Waals surface area (Å²) >= 11 is 0. The number of ether oxygens (including phenoxy) is 1. The van der Waals surface area contributed by atoms with E-state index in [2.05, 4.69) is 20.1 Å². The lowest BCUT2D eigenvalue weighted by Crippen LogP contribution is -2.46. The van der Waals surface area contributed by atoms with Gasteiger partial charge in [0.15, 0.2) is 5.96 Å². The quantitative estimate of drug-likeness (QED) is 0.673. The molecule has 6 heteroatoms. The number of benzene rings is 1. The van der Waals surface area contributed by atoms with E-state index >= 15 is 0 Å². The largest absolute Gasteiger partial charge is 0.379 e. The van der Waals surface area contributed by atoms with Gasteiger partial charge in [0.05, 0.1) is 13.2 Å². The van der Waals surface area contributed by atoms with Crippen molar-refractivity contribution in [3.8, 4) is 0 Å². The summed E-state index contributed by atoms with van der Waals surface area (Å²) in [5.74, 6) is 0.719. The average Bonchev–Trinajstić information content (AvgIpc) is 3.08. The minimum atomic E-state index is -0.203. The van der Waals surface area contributed by atoms with Crippen LogP contribution in [0.3, 0.4) is 0 Å². The number of rotatable bonds is 3. The van der Waals surface area contributed by atoms with E-state index in [0.29, 0.717) is 12.6 Å². The Morgan fingerprint density at radius 3 is 2.70 bits per heavy atom. The molecular formula is C17H25FN4O. The summed E-state index contributed by atoms with van der Waals surface area (Å²) in [4.78, 5) is 9.23. The van der Waals surface area contributed by atoms with Crippen molar-refractivity contribution in [2.75, 3.05) is 46.4 Å². The second-order valence-corrected chi connectivity index (χ2v) is 6.06. The molecule has 0 aliphatic carbocycles. The van der Waals surface area contributed by atoms with Gasteiger partial charge in [0.1, 0.15) is 5.82 Å². The molecule has 2 aliphatic heterocycles. The zero-order valence-corrected chi connectivity index (χ0v) is 13.7.